The number of aliphatic imine (C=N–C) groups is 1. The van der Waals surface area contributed by atoms with Crippen LogP contribution < -0.4 is 10.2 Å². The number of likely N-dealkylation sites (tertiary alicyclic amines) is 2. The van der Waals surface area contributed by atoms with Crippen molar-refractivity contribution in [2.75, 3.05) is 39.3 Å². The van der Waals surface area contributed by atoms with E-state index in [1.165, 1.54) is 49.2 Å². The number of halogens is 3. The van der Waals surface area contributed by atoms with Crippen LogP contribution in [0.5, 0.6) is 5.75 Å². The van der Waals surface area contributed by atoms with Crippen LogP contribution in [0.4, 0.5) is 9.18 Å². The van der Waals surface area contributed by atoms with Crippen molar-refractivity contribution in [2.45, 2.75) is 51.0 Å². The Morgan fingerprint density at radius 2 is 1.78 bits per heavy atom. The summed E-state index contributed by atoms with van der Waals surface area (Å²) in [4.78, 5) is 34.2. The molecule has 3 fully saturated rings. The number of hydrazine groups is 1. The Morgan fingerprint density at radius 3 is 2.49 bits per heavy atom. The van der Waals surface area contributed by atoms with E-state index in [4.69, 9.17) is 4.74 Å². The molecular weight excluding hydrogens is 540 g/mol. The van der Waals surface area contributed by atoms with Gasteiger partial charge in [0, 0.05) is 43.9 Å². The maximum absolute atomic E-state index is 14.1. The van der Waals surface area contributed by atoms with Gasteiger partial charge in [-0.25, -0.2) is 14.6 Å². The second kappa shape index (κ2) is 13.8. The number of rotatable bonds is 3. The summed E-state index contributed by atoms with van der Waals surface area (Å²) < 4.78 is 19.7. The molecule has 2 amide bonds. The Bertz CT molecular complexity index is 1020. The SMILES string of the molecule is Cl.Cl.O=C1N=C(N2CCCCN2)SC1=Cc1ccc(F)cc1OC(=O)N1CCC(N2CCCCC2)CC1. The Hall–Kier alpha value is -1.85. The van der Waals surface area contributed by atoms with Gasteiger partial charge < -0.3 is 14.5 Å². The molecule has 4 aliphatic rings. The Balaban J connectivity index is 0.00000190. The zero-order valence-electron chi connectivity index (χ0n) is 20.7. The first-order valence-electron chi connectivity index (χ1n) is 12.6. The van der Waals surface area contributed by atoms with E-state index >= 15 is 0 Å². The number of carbonyl (C=O) groups excluding carboxylic acids is 2. The lowest BCUT2D eigenvalue weighted by atomic mass is 10.0. The van der Waals surface area contributed by atoms with Crippen molar-refractivity contribution in [3.8, 4) is 5.75 Å². The van der Waals surface area contributed by atoms with Gasteiger partial charge in [-0.3, -0.25) is 9.80 Å². The number of amides is 2. The molecule has 204 valence electrons. The molecule has 0 saturated carbocycles. The number of nitrogens with one attached hydrogen (secondary N) is 1. The fourth-order valence-corrected chi connectivity index (χ4v) is 5.99. The quantitative estimate of drug-likeness (QED) is 0.525. The highest BCUT2D eigenvalue weighted by atomic mass is 35.5. The number of benzene rings is 1. The van der Waals surface area contributed by atoms with Crippen LogP contribution in [-0.4, -0.2) is 77.3 Å². The lowest BCUT2D eigenvalue weighted by molar-refractivity contribution is -0.113. The molecular formula is C25H34Cl2FN5O3S. The fraction of sp³-hybridized carbons (Fsp3) is 0.560. The Morgan fingerprint density at radius 1 is 1.05 bits per heavy atom. The molecule has 37 heavy (non-hydrogen) atoms. The number of piperidine rings is 2. The number of thioether (sulfide) groups is 1. The predicted octanol–water partition coefficient (Wildman–Crippen LogP) is 4.69. The molecule has 4 heterocycles. The maximum Gasteiger partial charge on any atom is 0.415 e. The summed E-state index contributed by atoms with van der Waals surface area (Å²) in [6.07, 6.45) is 8.92. The molecule has 4 aliphatic heterocycles. The third kappa shape index (κ3) is 7.38. The summed E-state index contributed by atoms with van der Waals surface area (Å²) in [6.45, 7) is 5.18. The second-order valence-electron chi connectivity index (χ2n) is 9.44. The van der Waals surface area contributed by atoms with Crippen LogP contribution >= 0.6 is 36.6 Å². The molecule has 1 N–H and O–H groups in total. The molecule has 5 rings (SSSR count). The van der Waals surface area contributed by atoms with E-state index in [1.807, 2.05) is 5.01 Å². The van der Waals surface area contributed by atoms with Crippen LogP contribution in [0, 0.1) is 5.82 Å². The predicted molar refractivity (Wildman–Crippen MR) is 149 cm³/mol. The van der Waals surface area contributed by atoms with Crippen molar-refractivity contribution in [1.29, 1.82) is 0 Å². The van der Waals surface area contributed by atoms with E-state index in [-0.39, 0.29) is 36.5 Å². The monoisotopic (exact) mass is 573 g/mol. The fourth-order valence-electron chi connectivity index (χ4n) is 5.08. The van der Waals surface area contributed by atoms with E-state index in [0.29, 0.717) is 34.8 Å². The van der Waals surface area contributed by atoms with Crippen molar-refractivity contribution in [2.24, 2.45) is 4.99 Å². The minimum Gasteiger partial charge on any atom is -0.409 e. The van der Waals surface area contributed by atoms with Crippen LogP contribution in [0.15, 0.2) is 28.1 Å². The topological polar surface area (TPSA) is 77.5 Å². The van der Waals surface area contributed by atoms with E-state index in [0.717, 1.165) is 51.9 Å². The lowest BCUT2D eigenvalue weighted by Gasteiger charge is -2.39. The standard InChI is InChI=1S/C25H32FN5O3S.2ClH/c26-19-7-6-18(16-22-23(32)28-24(35-22)31-13-5-2-10-27-31)21(17-19)34-25(33)30-14-8-20(9-15-30)29-11-3-1-4-12-29;;/h6-7,16-17,20,27H,1-5,8-15H2;2*1H. The van der Waals surface area contributed by atoms with Crippen LogP contribution in [0.25, 0.3) is 6.08 Å². The van der Waals surface area contributed by atoms with Gasteiger partial charge in [0.2, 0.25) is 0 Å². The van der Waals surface area contributed by atoms with Crippen molar-refractivity contribution in [3.63, 3.8) is 0 Å². The van der Waals surface area contributed by atoms with E-state index in [2.05, 4.69) is 15.3 Å². The summed E-state index contributed by atoms with van der Waals surface area (Å²) in [7, 11) is 0. The van der Waals surface area contributed by atoms with Gasteiger partial charge in [-0.1, -0.05) is 6.42 Å². The molecule has 0 atom stereocenters. The first kappa shape index (κ1) is 29.7. The summed E-state index contributed by atoms with van der Waals surface area (Å²) in [5.74, 6) is -0.740. The number of carbonyl (C=O) groups is 2. The van der Waals surface area contributed by atoms with Crippen LogP contribution in [0.1, 0.15) is 50.5 Å². The molecule has 0 aromatic heterocycles. The maximum atomic E-state index is 14.1. The minimum atomic E-state index is -0.501. The molecule has 8 nitrogen and oxygen atoms in total. The molecule has 3 saturated heterocycles. The highest BCUT2D eigenvalue weighted by molar-refractivity contribution is 8.18. The van der Waals surface area contributed by atoms with Gasteiger partial charge >= 0.3 is 6.09 Å². The zero-order chi connectivity index (χ0) is 24.2. The van der Waals surface area contributed by atoms with Crippen molar-refractivity contribution < 1.29 is 18.7 Å². The van der Waals surface area contributed by atoms with Gasteiger partial charge in [0.15, 0.2) is 5.17 Å². The van der Waals surface area contributed by atoms with Gasteiger partial charge in [0.05, 0.1) is 4.91 Å². The summed E-state index contributed by atoms with van der Waals surface area (Å²) in [5, 5.41) is 2.50. The largest absolute Gasteiger partial charge is 0.415 e. The van der Waals surface area contributed by atoms with E-state index in [1.54, 1.807) is 11.0 Å². The van der Waals surface area contributed by atoms with Crippen LogP contribution in [0.3, 0.4) is 0 Å². The molecule has 0 unspecified atom stereocenters. The molecule has 12 heteroatoms. The van der Waals surface area contributed by atoms with Gasteiger partial charge in [-0.2, -0.15) is 4.99 Å². The smallest absolute Gasteiger partial charge is 0.409 e. The average Bonchev–Trinajstić information content (AvgIpc) is 3.27. The second-order valence-corrected chi connectivity index (χ2v) is 10.5. The number of hydrogen-bond acceptors (Lipinski definition) is 7. The van der Waals surface area contributed by atoms with E-state index < -0.39 is 11.9 Å². The highest BCUT2D eigenvalue weighted by Gasteiger charge is 2.30. The van der Waals surface area contributed by atoms with Crippen LogP contribution in [-0.2, 0) is 4.79 Å². The first-order chi connectivity index (χ1) is 17.1. The van der Waals surface area contributed by atoms with Crippen molar-refractivity contribution in [3.05, 3.63) is 34.5 Å². The third-order valence-corrected chi connectivity index (χ3v) is 8.05. The minimum absolute atomic E-state index is 0. The highest BCUT2D eigenvalue weighted by Crippen LogP contribution is 2.33. The molecule has 1 aromatic carbocycles. The van der Waals surface area contributed by atoms with Gasteiger partial charge in [0.1, 0.15) is 11.6 Å². The summed E-state index contributed by atoms with van der Waals surface area (Å²) in [5.41, 5.74) is 3.72. The normalized spacial score (nSPS) is 22.4. The van der Waals surface area contributed by atoms with Gasteiger partial charge in [-0.15, -0.1) is 24.8 Å². The molecule has 1 aromatic rings. The third-order valence-electron chi connectivity index (χ3n) is 7.04. The molecule has 0 spiro atoms. The lowest BCUT2D eigenvalue weighted by Crippen LogP contribution is -2.48. The molecule has 0 aliphatic carbocycles. The van der Waals surface area contributed by atoms with Gasteiger partial charge in [-0.05, 0) is 81.6 Å². The number of hydrogen-bond donors (Lipinski definition) is 1. The van der Waals surface area contributed by atoms with Gasteiger partial charge in [0.25, 0.3) is 5.91 Å². The first-order valence-corrected chi connectivity index (χ1v) is 13.4. The van der Waals surface area contributed by atoms with Crippen molar-refractivity contribution >= 4 is 59.8 Å². The zero-order valence-corrected chi connectivity index (χ0v) is 23.1. The number of nitrogens with zero attached hydrogens (tertiary/aromatic N) is 4. The summed E-state index contributed by atoms with van der Waals surface area (Å²) >= 11 is 1.27. The Kier molecular flexibility index (Phi) is 11.1. The summed E-state index contributed by atoms with van der Waals surface area (Å²) in [6, 6.07) is 4.54. The number of amidine groups is 1. The van der Waals surface area contributed by atoms with Crippen LogP contribution in [0.2, 0.25) is 0 Å². The average molecular weight is 575 g/mol. The van der Waals surface area contributed by atoms with E-state index in [9.17, 15) is 14.0 Å². The number of ether oxygens (including phenoxy) is 1. The molecule has 0 radical (unpaired) electrons. The molecule has 0 bridgehead atoms. The van der Waals surface area contributed by atoms with Crippen molar-refractivity contribution in [1.82, 2.24) is 20.2 Å². The Labute approximate surface area is 233 Å².